The highest BCUT2D eigenvalue weighted by Crippen LogP contribution is 2.30. The zero-order chi connectivity index (χ0) is 15.1. The van der Waals surface area contributed by atoms with Gasteiger partial charge in [0, 0.05) is 6.20 Å². The lowest BCUT2D eigenvalue weighted by atomic mass is 10.2. The van der Waals surface area contributed by atoms with Gasteiger partial charge in [-0.15, -0.1) is 11.6 Å². The average molecular weight is 324 g/mol. The minimum atomic E-state index is -0.514. The van der Waals surface area contributed by atoms with E-state index < -0.39 is 11.2 Å². The highest BCUT2D eigenvalue weighted by Gasteiger charge is 2.20. The van der Waals surface area contributed by atoms with Gasteiger partial charge in [-0.25, -0.2) is 14.4 Å². The monoisotopic (exact) mass is 323 g/mol. The van der Waals surface area contributed by atoms with Gasteiger partial charge >= 0.3 is 0 Å². The first kappa shape index (κ1) is 14.3. The fraction of sp³-hybridized carbons (Fsp3) is 0.200. The Morgan fingerprint density at radius 1 is 1.33 bits per heavy atom. The van der Waals surface area contributed by atoms with Crippen LogP contribution in [-0.2, 0) is 0 Å². The van der Waals surface area contributed by atoms with Gasteiger partial charge in [0.2, 0.25) is 0 Å². The van der Waals surface area contributed by atoms with Gasteiger partial charge in [0.1, 0.15) is 11.3 Å². The summed E-state index contributed by atoms with van der Waals surface area (Å²) in [7, 11) is 0. The second kappa shape index (κ2) is 5.28. The van der Waals surface area contributed by atoms with Crippen LogP contribution in [0.1, 0.15) is 23.7 Å². The SMILES string of the molecule is Cc1cnc2c(c1)nc(C(C)Cl)n2-c1cccc(Cl)c1F. The topological polar surface area (TPSA) is 30.7 Å². The molecule has 0 aliphatic heterocycles. The number of nitrogens with zero attached hydrogens (tertiary/aromatic N) is 3. The number of alkyl halides is 1. The third kappa shape index (κ3) is 2.39. The molecule has 0 fully saturated rings. The Morgan fingerprint density at radius 3 is 2.81 bits per heavy atom. The van der Waals surface area contributed by atoms with Crippen LogP contribution in [0.25, 0.3) is 16.9 Å². The van der Waals surface area contributed by atoms with E-state index in [1.54, 1.807) is 29.8 Å². The van der Waals surface area contributed by atoms with E-state index in [4.69, 9.17) is 23.2 Å². The predicted molar refractivity (Wildman–Crippen MR) is 82.8 cm³/mol. The lowest BCUT2D eigenvalue weighted by Gasteiger charge is -2.11. The summed E-state index contributed by atoms with van der Waals surface area (Å²) in [5.41, 5.74) is 2.51. The highest BCUT2D eigenvalue weighted by atomic mass is 35.5. The molecule has 0 radical (unpaired) electrons. The van der Waals surface area contributed by atoms with Gasteiger partial charge in [-0.3, -0.25) is 4.57 Å². The first-order valence-corrected chi connectivity index (χ1v) is 7.24. The van der Waals surface area contributed by atoms with Crippen LogP contribution in [-0.4, -0.2) is 14.5 Å². The lowest BCUT2D eigenvalue weighted by molar-refractivity contribution is 0.616. The third-order valence-corrected chi connectivity index (χ3v) is 3.67. The molecule has 3 nitrogen and oxygen atoms in total. The molecular formula is C15H12Cl2FN3. The van der Waals surface area contributed by atoms with Crippen LogP contribution in [0.4, 0.5) is 4.39 Å². The van der Waals surface area contributed by atoms with Gasteiger partial charge in [-0.2, -0.15) is 0 Å². The molecule has 1 aromatic carbocycles. The van der Waals surface area contributed by atoms with Crippen molar-refractivity contribution >= 4 is 34.4 Å². The zero-order valence-electron chi connectivity index (χ0n) is 11.4. The molecule has 0 bridgehead atoms. The fourth-order valence-corrected chi connectivity index (χ4v) is 2.57. The van der Waals surface area contributed by atoms with Gasteiger partial charge < -0.3 is 0 Å². The van der Waals surface area contributed by atoms with Crippen molar-refractivity contribution in [3.8, 4) is 5.69 Å². The number of rotatable bonds is 2. The maximum Gasteiger partial charge on any atom is 0.165 e. The largest absolute Gasteiger partial charge is 0.276 e. The van der Waals surface area contributed by atoms with Crippen LogP contribution in [0.15, 0.2) is 30.5 Å². The number of imidazole rings is 1. The minimum absolute atomic E-state index is 0.0506. The number of aromatic nitrogens is 3. The Bertz CT molecular complexity index is 827. The number of fused-ring (bicyclic) bond motifs is 1. The van der Waals surface area contributed by atoms with Gasteiger partial charge in [0.05, 0.1) is 16.1 Å². The van der Waals surface area contributed by atoms with Crippen molar-refractivity contribution in [1.82, 2.24) is 14.5 Å². The number of pyridine rings is 1. The summed E-state index contributed by atoms with van der Waals surface area (Å²) in [6.07, 6.45) is 1.71. The Hall–Kier alpha value is -1.65. The van der Waals surface area contributed by atoms with Crippen LogP contribution in [0.2, 0.25) is 5.02 Å². The van der Waals surface area contributed by atoms with Crippen molar-refractivity contribution in [2.75, 3.05) is 0 Å². The quantitative estimate of drug-likeness (QED) is 0.633. The summed E-state index contributed by atoms with van der Waals surface area (Å²) in [4.78, 5) is 8.84. The summed E-state index contributed by atoms with van der Waals surface area (Å²) in [6, 6.07) is 6.71. The summed E-state index contributed by atoms with van der Waals surface area (Å²) < 4.78 is 16.0. The van der Waals surface area contributed by atoms with Gasteiger partial charge in [-0.1, -0.05) is 17.7 Å². The molecule has 0 amide bonds. The van der Waals surface area contributed by atoms with Crippen LogP contribution < -0.4 is 0 Å². The molecule has 1 unspecified atom stereocenters. The van der Waals surface area contributed by atoms with Crippen LogP contribution >= 0.6 is 23.2 Å². The van der Waals surface area contributed by atoms with Crippen LogP contribution in [0.3, 0.4) is 0 Å². The summed E-state index contributed by atoms with van der Waals surface area (Å²) >= 11 is 12.1. The molecule has 1 atom stereocenters. The molecule has 0 N–H and O–H groups in total. The van der Waals surface area contributed by atoms with Crippen LogP contribution in [0.5, 0.6) is 0 Å². The maximum atomic E-state index is 14.4. The van der Waals surface area contributed by atoms with Crippen LogP contribution in [0, 0.1) is 12.7 Å². The third-order valence-electron chi connectivity index (χ3n) is 3.19. The lowest BCUT2D eigenvalue weighted by Crippen LogP contribution is -2.05. The van der Waals surface area contributed by atoms with E-state index in [1.807, 2.05) is 13.0 Å². The van der Waals surface area contributed by atoms with Gasteiger partial charge in [0.15, 0.2) is 11.5 Å². The Morgan fingerprint density at radius 2 is 2.10 bits per heavy atom. The molecule has 0 aliphatic rings. The van der Waals surface area contributed by atoms with Gasteiger partial charge in [0.25, 0.3) is 0 Å². The van der Waals surface area contributed by atoms with Crippen molar-refractivity contribution < 1.29 is 4.39 Å². The van der Waals surface area contributed by atoms with E-state index in [9.17, 15) is 4.39 Å². The predicted octanol–water partition coefficient (Wildman–Crippen LogP) is 4.82. The molecule has 3 aromatic rings. The molecule has 3 rings (SSSR count). The first-order valence-electron chi connectivity index (χ1n) is 6.42. The fourth-order valence-electron chi connectivity index (χ4n) is 2.25. The summed E-state index contributed by atoms with van der Waals surface area (Å²) in [5.74, 6) is 0.0188. The number of hydrogen-bond donors (Lipinski definition) is 0. The second-order valence-electron chi connectivity index (χ2n) is 4.85. The summed E-state index contributed by atoms with van der Waals surface area (Å²) in [6.45, 7) is 3.71. The zero-order valence-corrected chi connectivity index (χ0v) is 13.0. The molecule has 0 saturated heterocycles. The maximum absolute atomic E-state index is 14.4. The number of hydrogen-bond acceptors (Lipinski definition) is 2. The molecule has 0 spiro atoms. The molecule has 2 heterocycles. The standard InChI is InChI=1S/C15H12Cl2FN3/c1-8-6-11-15(19-7-8)21(14(20-11)9(2)16)12-5-3-4-10(17)13(12)18/h3-7,9H,1-2H3. The smallest absolute Gasteiger partial charge is 0.165 e. The van der Waals surface area contributed by atoms with E-state index in [-0.39, 0.29) is 5.02 Å². The molecule has 21 heavy (non-hydrogen) atoms. The van der Waals surface area contributed by atoms with E-state index in [2.05, 4.69) is 9.97 Å². The van der Waals surface area contributed by atoms with Crippen molar-refractivity contribution in [3.05, 3.63) is 52.7 Å². The second-order valence-corrected chi connectivity index (χ2v) is 5.91. The first-order chi connectivity index (χ1) is 9.99. The Balaban J connectivity index is 2.39. The molecule has 6 heteroatoms. The minimum Gasteiger partial charge on any atom is -0.276 e. The average Bonchev–Trinajstić information content (AvgIpc) is 2.80. The highest BCUT2D eigenvalue weighted by molar-refractivity contribution is 6.30. The van der Waals surface area contributed by atoms with Crippen molar-refractivity contribution in [2.45, 2.75) is 19.2 Å². The summed E-state index contributed by atoms with van der Waals surface area (Å²) in [5, 5.41) is -0.340. The molecule has 2 aromatic heterocycles. The van der Waals surface area contributed by atoms with Gasteiger partial charge in [-0.05, 0) is 37.6 Å². The van der Waals surface area contributed by atoms with Crippen molar-refractivity contribution in [1.29, 1.82) is 0 Å². The van der Waals surface area contributed by atoms with E-state index in [1.165, 1.54) is 6.07 Å². The van der Waals surface area contributed by atoms with E-state index >= 15 is 0 Å². The normalized spacial score (nSPS) is 12.8. The molecule has 0 saturated carbocycles. The Kier molecular flexibility index (Phi) is 3.59. The number of halogens is 3. The molecule has 0 aliphatic carbocycles. The molecule has 108 valence electrons. The van der Waals surface area contributed by atoms with Crippen molar-refractivity contribution in [2.24, 2.45) is 0 Å². The molecular weight excluding hydrogens is 312 g/mol. The Labute approximate surface area is 131 Å². The number of aryl methyl sites for hydroxylation is 1. The van der Waals surface area contributed by atoms with E-state index in [0.29, 0.717) is 22.7 Å². The van der Waals surface area contributed by atoms with Crippen molar-refractivity contribution in [3.63, 3.8) is 0 Å². The van der Waals surface area contributed by atoms with E-state index in [0.717, 1.165) is 5.56 Å². The number of benzene rings is 1.